The van der Waals surface area contributed by atoms with Gasteiger partial charge in [0.25, 0.3) is 0 Å². The van der Waals surface area contributed by atoms with E-state index in [1.807, 2.05) is 35.7 Å². The minimum atomic E-state index is 0.951. The van der Waals surface area contributed by atoms with Crippen molar-refractivity contribution < 1.29 is 0 Å². The van der Waals surface area contributed by atoms with Crippen molar-refractivity contribution in [1.82, 2.24) is 14.0 Å². The molecule has 0 aliphatic heterocycles. The average Bonchev–Trinajstić information content (AvgIpc) is 3.85. The number of aromatic nitrogens is 3. The third-order valence-electron chi connectivity index (χ3n) is 9.90. The van der Waals surface area contributed by atoms with Gasteiger partial charge >= 0.3 is 0 Å². The van der Waals surface area contributed by atoms with Crippen LogP contribution in [-0.2, 0) is 0 Å². The summed E-state index contributed by atoms with van der Waals surface area (Å²) >= 11 is 1.94. The van der Waals surface area contributed by atoms with E-state index in [-0.39, 0.29) is 0 Å². The second-order valence-electron chi connectivity index (χ2n) is 12.4. The first-order valence-corrected chi connectivity index (χ1v) is 16.8. The van der Waals surface area contributed by atoms with E-state index in [0.717, 1.165) is 22.6 Å². The van der Waals surface area contributed by atoms with Crippen LogP contribution in [0.15, 0.2) is 152 Å². The van der Waals surface area contributed by atoms with Crippen molar-refractivity contribution in [2.45, 2.75) is 0 Å². The molecular formula is C43H25N3S. The lowest BCUT2D eigenvalue weighted by Crippen LogP contribution is -1.94. The number of imidazole rings is 1. The summed E-state index contributed by atoms with van der Waals surface area (Å²) in [5.41, 5.74) is 6.65. The molecule has 4 aromatic heterocycles. The van der Waals surface area contributed by atoms with Crippen LogP contribution in [-0.4, -0.2) is 14.0 Å². The van der Waals surface area contributed by atoms with E-state index >= 15 is 0 Å². The number of rotatable bonds is 2. The molecule has 0 saturated carbocycles. The predicted molar refractivity (Wildman–Crippen MR) is 200 cm³/mol. The summed E-state index contributed by atoms with van der Waals surface area (Å²) in [6, 6.07) is 50.8. The van der Waals surface area contributed by atoms with E-state index in [1.165, 1.54) is 74.3 Å². The predicted octanol–water partition coefficient (Wildman–Crippen LogP) is 11.9. The third-order valence-corrected chi connectivity index (χ3v) is 11.2. The molecule has 218 valence electrons. The highest BCUT2D eigenvalue weighted by Crippen LogP contribution is 2.51. The van der Waals surface area contributed by atoms with E-state index in [9.17, 15) is 0 Å². The number of pyridine rings is 1. The number of benzene rings is 7. The second-order valence-corrected chi connectivity index (χ2v) is 13.4. The Morgan fingerprint density at radius 1 is 0.468 bits per heavy atom. The van der Waals surface area contributed by atoms with E-state index in [0.29, 0.717) is 0 Å². The molecule has 0 spiro atoms. The van der Waals surface area contributed by atoms with Crippen molar-refractivity contribution >= 4 is 91.3 Å². The largest absolute Gasteiger partial charge is 0.309 e. The molecule has 0 saturated heterocycles. The SMILES string of the molecule is c1ccc2c(c1)c1ccccc1c1c2sc2c3ccccc3c3c4ccccc4n(-c4ccc(-c5cn6ccccc6n5)cc4)c3c21. The monoisotopic (exact) mass is 615 g/mol. The van der Waals surface area contributed by atoms with Gasteiger partial charge in [0, 0.05) is 65.4 Å². The van der Waals surface area contributed by atoms with Crippen LogP contribution < -0.4 is 0 Å². The van der Waals surface area contributed by atoms with Crippen molar-refractivity contribution in [2.75, 3.05) is 0 Å². The molecule has 47 heavy (non-hydrogen) atoms. The molecule has 0 radical (unpaired) electrons. The maximum atomic E-state index is 4.89. The first-order chi connectivity index (χ1) is 23.3. The molecular weight excluding hydrogens is 591 g/mol. The molecule has 4 heteroatoms. The number of para-hydroxylation sites is 1. The van der Waals surface area contributed by atoms with Crippen LogP contribution >= 0.6 is 11.3 Å². The minimum absolute atomic E-state index is 0.951. The number of nitrogens with zero attached hydrogens (tertiary/aromatic N) is 3. The Balaban J connectivity index is 1.33. The smallest absolute Gasteiger partial charge is 0.137 e. The normalized spacial score (nSPS) is 12.3. The molecule has 4 heterocycles. The van der Waals surface area contributed by atoms with E-state index in [1.54, 1.807) is 0 Å². The Kier molecular flexibility index (Phi) is 4.99. The minimum Gasteiger partial charge on any atom is -0.309 e. The molecule has 7 aromatic carbocycles. The zero-order chi connectivity index (χ0) is 30.6. The third kappa shape index (κ3) is 3.37. The standard InChI is InChI=1S/C43H25N3S/c1-3-13-30-28(11-1)29-12-2-5-15-32(29)42-39(30)40-41-38(31-14-4-6-16-33(31)43(40)47-42)34-17-7-8-18-36(34)46(41)27-22-20-26(21-23-27)35-25-45-24-10-9-19-37(45)44-35/h1-25H. The van der Waals surface area contributed by atoms with Gasteiger partial charge in [0.15, 0.2) is 0 Å². The van der Waals surface area contributed by atoms with Gasteiger partial charge in [-0.2, -0.15) is 0 Å². The summed E-state index contributed by atoms with van der Waals surface area (Å²) in [6.07, 6.45) is 4.15. The van der Waals surface area contributed by atoms with Crippen molar-refractivity contribution in [1.29, 1.82) is 0 Å². The fourth-order valence-corrected chi connectivity index (χ4v) is 9.31. The Hall–Kier alpha value is -5.97. The van der Waals surface area contributed by atoms with E-state index in [2.05, 4.69) is 136 Å². The number of thiophene rings is 1. The van der Waals surface area contributed by atoms with Gasteiger partial charge in [-0.05, 0) is 51.9 Å². The Morgan fingerprint density at radius 2 is 1.04 bits per heavy atom. The van der Waals surface area contributed by atoms with Crippen molar-refractivity contribution in [2.24, 2.45) is 0 Å². The van der Waals surface area contributed by atoms with Gasteiger partial charge in [0.05, 0.1) is 16.7 Å². The lowest BCUT2D eigenvalue weighted by Gasteiger charge is -2.12. The van der Waals surface area contributed by atoms with Crippen LogP contribution in [0.2, 0.25) is 0 Å². The van der Waals surface area contributed by atoms with Crippen molar-refractivity contribution in [3.8, 4) is 16.9 Å². The highest BCUT2D eigenvalue weighted by molar-refractivity contribution is 7.28. The fourth-order valence-electron chi connectivity index (χ4n) is 7.92. The Morgan fingerprint density at radius 3 is 1.79 bits per heavy atom. The Bertz CT molecular complexity index is 3030. The molecule has 0 unspecified atom stereocenters. The number of fused-ring (bicyclic) bond motifs is 16. The summed E-state index contributed by atoms with van der Waals surface area (Å²) in [5, 5.41) is 13.1. The second kappa shape index (κ2) is 9.29. The van der Waals surface area contributed by atoms with Gasteiger partial charge in [-0.3, -0.25) is 0 Å². The van der Waals surface area contributed by atoms with Gasteiger partial charge in [-0.1, -0.05) is 109 Å². The number of hydrogen-bond acceptors (Lipinski definition) is 2. The lowest BCUT2D eigenvalue weighted by atomic mass is 9.94. The van der Waals surface area contributed by atoms with Crippen LogP contribution in [0, 0.1) is 0 Å². The molecule has 0 amide bonds. The van der Waals surface area contributed by atoms with Crippen molar-refractivity contribution in [3.63, 3.8) is 0 Å². The molecule has 3 nitrogen and oxygen atoms in total. The topological polar surface area (TPSA) is 22.2 Å². The molecule has 11 rings (SSSR count). The van der Waals surface area contributed by atoms with Gasteiger partial charge in [-0.15, -0.1) is 11.3 Å². The summed E-state index contributed by atoms with van der Waals surface area (Å²) in [7, 11) is 0. The molecule has 0 fully saturated rings. The van der Waals surface area contributed by atoms with Crippen LogP contribution in [0.4, 0.5) is 0 Å². The molecule has 11 aromatic rings. The number of hydrogen-bond donors (Lipinski definition) is 0. The van der Waals surface area contributed by atoms with E-state index < -0.39 is 0 Å². The van der Waals surface area contributed by atoms with Gasteiger partial charge in [0.2, 0.25) is 0 Å². The van der Waals surface area contributed by atoms with E-state index in [4.69, 9.17) is 4.98 Å². The molecule has 0 N–H and O–H groups in total. The summed E-state index contributed by atoms with van der Waals surface area (Å²) in [5.74, 6) is 0. The fraction of sp³-hybridized carbons (Fsp3) is 0. The maximum Gasteiger partial charge on any atom is 0.137 e. The first kappa shape index (κ1) is 25.2. The molecule has 0 atom stereocenters. The zero-order valence-electron chi connectivity index (χ0n) is 25.2. The van der Waals surface area contributed by atoms with Gasteiger partial charge in [0.1, 0.15) is 5.65 Å². The highest BCUT2D eigenvalue weighted by atomic mass is 32.1. The van der Waals surface area contributed by atoms with Crippen molar-refractivity contribution in [3.05, 3.63) is 152 Å². The lowest BCUT2D eigenvalue weighted by molar-refractivity contribution is 1.19. The summed E-state index contributed by atoms with van der Waals surface area (Å²) in [6.45, 7) is 0. The Labute approximate surface area is 273 Å². The quantitative estimate of drug-likeness (QED) is 0.177. The van der Waals surface area contributed by atoms with Crippen LogP contribution in [0.5, 0.6) is 0 Å². The average molecular weight is 616 g/mol. The molecule has 0 aliphatic carbocycles. The van der Waals surface area contributed by atoms with Crippen LogP contribution in [0.25, 0.3) is 96.9 Å². The van der Waals surface area contributed by atoms with Crippen LogP contribution in [0.3, 0.4) is 0 Å². The highest BCUT2D eigenvalue weighted by Gasteiger charge is 2.24. The van der Waals surface area contributed by atoms with Gasteiger partial charge in [-0.25, -0.2) is 4.98 Å². The zero-order valence-corrected chi connectivity index (χ0v) is 26.0. The summed E-state index contributed by atoms with van der Waals surface area (Å²) < 4.78 is 7.28. The van der Waals surface area contributed by atoms with Gasteiger partial charge < -0.3 is 8.97 Å². The summed E-state index contributed by atoms with van der Waals surface area (Å²) in [4.78, 5) is 4.89. The maximum absolute atomic E-state index is 4.89. The molecule has 0 aliphatic rings. The first-order valence-electron chi connectivity index (χ1n) is 16.0. The molecule has 0 bridgehead atoms. The van der Waals surface area contributed by atoms with Crippen LogP contribution in [0.1, 0.15) is 0 Å².